The molecule has 7 heteroatoms. The largest absolute Gasteiger partial charge is 0.349 e. The Morgan fingerprint density at radius 1 is 1.15 bits per heavy atom. The first-order valence-electron chi connectivity index (χ1n) is 9.87. The van der Waals surface area contributed by atoms with Gasteiger partial charge >= 0.3 is 0 Å². The molecule has 0 spiro atoms. The van der Waals surface area contributed by atoms with E-state index in [4.69, 9.17) is 0 Å². The number of hydrogen-bond donors (Lipinski definition) is 1. The van der Waals surface area contributed by atoms with E-state index in [0.29, 0.717) is 5.82 Å². The Morgan fingerprint density at radius 2 is 1.74 bits per heavy atom. The second-order valence-corrected chi connectivity index (χ2v) is 9.72. The summed E-state index contributed by atoms with van der Waals surface area (Å²) in [4.78, 5) is 14.4. The molecular weight excluding hydrogens is 406 g/mol. The summed E-state index contributed by atoms with van der Waals surface area (Å²) in [7, 11) is 0. The van der Waals surface area contributed by atoms with Crippen molar-refractivity contribution >= 4 is 21.8 Å². The first-order valence-corrected chi connectivity index (χ1v) is 10.7. The summed E-state index contributed by atoms with van der Waals surface area (Å²) in [6.07, 6.45) is 7.54. The highest BCUT2D eigenvalue weighted by atomic mass is 79.9. The zero-order valence-corrected chi connectivity index (χ0v) is 17.0. The summed E-state index contributed by atoms with van der Waals surface area (Å²) < 4.78 is 1.00. The first-order chi connectivity index (χ1) is 13.0. The van der Waals surface area contributed by atoms with Crippen LogP contribution in [0.2, 0.25) is 0 Å². The number of carbonyl (C=O) groups excluding carboxylic acids is 1. The van der Waals surface area contributed by atoms with E-state index in [9.17, 15) is 4.79 Å². The van der Waals surface area contributed by atoms with Crippen molar-refractivity contribution in [1.29, 1.82) is 0 Å². The van der Waals surface area contributed by atoms with Crippen LogP contribution >= 0.6 is 15.9 Å². The maximum absolute atomic E-state index is 13.0. The number of halogens is 1. The van der Waals surface area contributed by atoms with E-state index in [2.05, 4.69) is 36.7 Å². The van der Waals surface area contributed by atoms with Gasteiger partial charge in [0.2, 0.25) is 11.7 Å². The van der Waals surface area contributed by atoms with Gasteiger partial charge in [0, 0.05) is 15.6 Å². The molecule has 6 nitrogen and oxygen atoms in total. The Bertz CT molecular complexity index is 826. The summed E-state index contributed by atoms with van der Waals surface area (Å²) in [5.41, 5.74) is 0.896. The summed E-state index contributed by atoms with van der Waals surface area (Å²) in [5, 5.41) is 16.1. The standard InChI is InChI=1S/C20H24BrN5O/c1-12(26-24-18(23-25-26)16-2-4-17(21)5-3-16)19(27)22-20-9-13-6-14(10-20)8-15(7-13)11-20/h2-5,12-15H,6-11H2,1H3,(H,22,27). The van der Waals surface area contributed by atoms with Crippen LogP contribution in [0.1, 0.15) is 51.5 Å². The third kappa shape index (κ3) is 3.20. The molecule has 0 saturated heterocycles. The molecule has 142 valence electrons. The minimum absolute atomic E-state index is 0.00914. The second kappa shape index (κ2) is 6.40. The summed E-state index contributed by atoms with van der Waals surface area (Å²) in [6.45, 7) is 1.85. The van der Waals surface area contributed by atoms with E-state index in [-0.39, 0.29) is 11.4 Å². The van der Waals surface area contributed by atoms with Gasteiger partial charge in [-0.15, -0.1) is 10.2 Å². The van der Waals surface area contributed by atoms with E-state index >= 15 is 0 Å². The van der Waals surface area contributed by atoms with Crippen LogP contribution in [0, 0.1) is 17.8 Å². The van der Waals surface area contributed by atoms with Crippen LogP contribution in [-0.2, 0) is 4.79 Å². The normalized spacial score (nSPS) is 32.4. The van der Waals surface area contributed by atoms with E-state index < -0.39 is 6.04 Å². The maximum atomic E-state index is 13.0. The van der Waals surface area contributed by atoms with Crippen LogP contribution in [0.25, 0.3) is 11.4 Å². The van der Waals surface area contributed by atoms with Gasteiger partial charge in [-0.2, -0.15) is 4.80 Å². The fourth-order valence-corrected chi connectivity index (χ4v) is 6.10. The Labute approximate surface area is 167 Å². The van der Waals surface area contributed by atoms with E-state index in [0.717, 1.165) is 47.1 Å². The summed E-state index contributed by atoms with van der Waals surface area (Å²) in [6, 6.07) is 7.30. The van der Waals surface area contributed by atoms with Crippen molar-refractivity contribution in [2.45, 2.75) is 57.0 Å². The molecule has 4 aliphatic rings. The number of amides is 1. The number of carbonyl (C=O) groups is 1. The monoisotopic (exact) mass is 429 g/mol. The molecule has 1 amide bonds. The summed E-state index contributed by atoms with van der Waals surface area (Å²) >= 11 is 3.43. The zero-order chi connectivity index (χ0) is 18.6. The fraction of sp³-hybridized carbons (Fsp3) is 0.600. The fourth-order valence-electron chi connectivity index (χ4n) is 5.84. The van der Waals surface area contributed by atoms with Crippen LogP contribution in [-0.4, -0.2) is 31.7 Å². The zero-order valence-electron chi connectivity index (χ0n) is 15.4. The van der Waals surface area contributed by atoms with Gasteiger partial charge in [-0.05, 0) is 92.7 Å². The molecule has 2 aromatic rings. The number of aromatic nitrogens is 4. The highest BCUT2D eigenvalue weighted by Gasteiger charge is 2.51. The van der Waals surface area contributed by atoms with Crippen molar-refractivity contribution in [3.05, 3.63) is 28.7 Å². The molecule has 0 radical (unpaired) electrons. The molecule has 4 saturated carbocycles. The highest BCUT2D eigenvalue weighted by Crippen LogP contribution is 2.55. The predicted octanol–water partition coefficient (Wildman–Crippen LogP) is 3.75. The first kappa shape index (κ1) is 17.3. The van der Waals surface area contributed by atoms with Crippen LogP contribution in [0.5, 0.6) is 0 Å². The number of tetrazole rings is 1. The molecule has 1 heterocycles. The quantitative estimate of drug-likeness (QED) is 0.802. The lowest BCUT2D eigenvalue weighted by Crippen LogP contribution is -2.60. The predicted molar refractivity (Wildman–Crippen MR) is 105 cm³/mol. The van der Waals surface area contributed by atoms with Crippen LogP contribution in [0.4, 0.5) is 0 Å². The lowest BCUT2D eigenvalue weighted by atomic mass is 9.53. The van der Waals surface area contributed by atoms with Gasteiger partial charge in [-0.3, -0.25) is 4.79 Å². The third-order valence-corrected chi connectivity index (χ3v) is 7.21. The molecule has 1 N–H and O–H groups in total. The molecule has 4 fully saturated rings. The van der Waals surface area contributed by atoms with Gasteiger partial charge in [0.05, 0.1) is 0 Å². The van der Waals surface area contributed by atoms with Crippen LogP contribution in [0.3, 0.4) is 0 Å². The number of benzene rings is 1. The van der Waals surface area contributed by atoms with Gasteiger partial charge in [0.25, 0.3) is 0 Å². The van der Waals surface area contributed by atoms with Gasteiger partial charge in [-0.25, -0.2) is 0 Å². The van der Waals surface area contributed by atoms with Crippen molar-refractivity contribution < 1.29 is 4.79 Å². The number of hydrogen-bond acceptors (Lipinski definition) is 4. The third-order valence-electron chi connectivity index (χ3n) is 6.68. The molecule has 1 aromatic heterocycles. The second-order valence-electron chi connectivity index (χ2n) is 8.80. The number of nitrogens with one attached hydrogen (secondary N) is 1. The molecule has 1 unspecified atom stereocenters. The maximum Gasteiger partial charge on any atom is 0.246 e. The summed E-state index contributed by atoms with van der Waals surface area (Å²) in [5.74, 6) is 2.97. The average molecular weight is 430 g/mol. The van der Waals surface area contributed by atoms with Gasteiger partial charge in [0.1, 0.15) is 6.04 Å². The average Bonchev–Trinajstić information content (AvgIpc) is 3.10. The Hall–Kier alpha value is -1.76. The van der Waals surface area contributed by atoms with E-state index in [1.54, 1.807) is 0 Å². The smallest absolute Gasteiger partial charge is 0.246 e. The Kier molecular flexibility index (Phi) is 4.11. The molecule has 4 aliphatic carbocycles. The molecule has 6 rings (SSSR count). The highest BCUT2D eigenvalue weighted by molar-refractivity contribution is 9.10. The van der Waals surface area contributed by atoms with Crippen molar-refractivity contribution in [3.63, 3.8) is 0 Å². The molecule has 1 aromatic carbocycles. The van der Waals surface area contributed by atoms with Crippen LogP contribution < -0.4 is 5.32 Å². The molecule has 27 heavy (non-hydrogen) atoms. The number of nitrogens with zero attached hydrogens (tertiary/aromatic N) is 4. The van der Waals surface area contributed by atoms with Crippen molar-refractivity contribution in [1.82, 2.24) is 25.5 Å². The van der Waals surface area contributed by atoms with Gasteiger partial charge in [0.15, 0.2) is 0 Å². The van der Waals surface area contributed by atoms with Gasteiger partial charge in [-0.1, -0.05) is 15.9 Å². The molecule has 1 atom stereocenters. The van der Waals surface area contributed by atoms with Crippen molar-refractivity contribution in [3.8, 4) is 11.4 Å². The van der Waals surface area contributed by atoms with Gasteiger partial charge < -0.3 is 5.32 Å². The lowest BCUT2D eigenvalue weighted by molar-refractivity contribution is -0.130. The minimum atomic E-state index is -0.463. The minimum Gasteiger partial charge on any atom is -0.349 e. The number of rotatable bonds is 4. The van der Waals surface area contributed by atoms with E-state index in [1.165, 1.54) is 24.1 Å². The lowest BCUT2D eigenvalue weighted by Gasteiger charge is -2.57. The topological polar surface area (TPSA) is 72.7 Å². The Morgan fingerprint density at radius 3 is 2.33 bits per heavy atom. The van der Waals surface area contributed by atoms with Crippen LogP contribution in [0.15, 0.2) is 28.7 Å². The molecule has 4 bridgehead atoms. The SMILES string of the molecule is CC(C(=O)NC12CC3CC(CC(C3)C1)C2)n1nnc(-c2ccc(Br)cc2)n1. The molecule has 0 aliphatic heterocycles. The van der Waals surface area contributed by atoms with Crippen molar-refractivity contribution in [2.75, 3.05) is 0 Å². The van der Waals surface area contributed by atoms with E-state index in [1.807, 2.05) is 31.2 Å². The van der Waals surface area contributed by atoms with Crippen molar-refractivity contribution in [2.24, 2.45) is 17.8 Å². The molecular formula is C20H24BrN5O. The Balaban J connectivity index is 1.30.